The van der Waals surface area contributed by atoms with Crippen LogP contribution in [0.1, 0.15) is 36.5 Å². The number of hydrogen-bond donors (Lipinski definition) is 1. The Morgan fingerprint density at radius 3 is 2.33 bits per heavy atom. The average molecular weight is 412 g/mol. The van der Waals surface area contributed by atoms with Gasteiger partial charge in [0.1, 0.15) is 11.5 Å². The van der Waals surface area contributed by atoms with E-state index in [2.05, 4.69) is 12.2 Å². The van der Waals surface area contributed by atoms with E-state index in [1.54, 1.807) is 25.3 Å². The normalized spacial score (nSPS) is 10.4. The number of unbranched alkanes of at least 4 members (excludes halogenated alkanes) is 2. The summed E-state index contributed by atoms with van der Waals surface area (Å²) < 4.78 is 16.1. The van der Waals surface area contributed by atoms with Crippen LogP contribution >= 0.6 is 23.2 Å². The minimum Gasteiger partial charge on any atom is -0.497 e. The fourth-order valence-corrected chi connectivity index (χ4v) is 3.06. The molecule has 0 heterocycles. The van der Waals surface area contributed by atoms with Gasteiger partial charge in [0.2, 0.25) is 0 Å². The number of methoxy groups -OCH3 is 2. The quantitative estimate of drug-likeness (QED) is 0.527. The van der Waals surface area contributed by atoms with Gasteiger partial charge in [-0.2, -0.15) is 0 Å². The zero-order valence-corrected chi connectivity index (χ0v) is 17.1. The van der Waals surface area contributed by atoms with Gasteiger partial charge in [-0.25, -0.2) is 0 Å². The van der Waals surface area contributed by atoms with Crippen molar-refractivity contribution in [1.82, 2.24) is 0 Å². The number of anilines is 1. The van der Waals surface area contributed by atoms with Crippen molar-refractivity contribution < 1.29 is 19.0 Å². The lowest BCUT2D eigenvalue weighted by molar-refractivity contribution is 0.102. The molecule has 1 amide bonds. The van der Waals surface area contributed by atoms with Gasteiger partial charge >= 0.3 is 0 Å². The van der Waals surface area contributed by atoms with Crippen LogP contribution in [0.25, 0.3) is 0 Å². The van der Waals surface area contributed by atoms with E-state index in [0.717, 1.165) is 19.3 Å². The average Bonchev–Trinajstić information content (AvgIpc) is 2.66. The summed E-state index contributed by atoms with van der Waals surface area (Å²) in [6.07, 6.45) is 3.08. The lowest BCUT2D eigenvalue weighted by atomic mass is 10.2. The number of carbonyl (C=O) groups excluding carboxylic acids is 1. The van der Waals surface area contributed by atoms with E-state index in [1.165, 1.54) is 19.2 Å². The standard InChI is InChI=1S/C20H23Cl2NO4/c1-4-5-6-9-27-19-15(21)10-13(11-16(19)22)20(24)23-17-12-14(25-2)7-8-18(17)26-3/h7-8,10-12H,4-6,9H2,1-3H3,(H,23,24). The van der Waals surface area contributed by atoms with Gasteiger partial charge in [-0.05, 0) is 30.7 Å². The van der Waals surface area contributed by atoms with Crippen LogP contribution in [0.5, 0.6) is 17.2 Å². The first-order valence-electron chi connectivity index (χ1n) is 8.65. The van der Waals surface area contributed by atoms with Gasteiger partial charge in [-0.1, -0.05) is 43.0 Å². The summed E-state index contributed by atoms with van der Waals surface area (Å²) >= 11 is 12.5. The van der Waals surface area contributed by atoms with Gasteiger partial charge in [-0.15, -0.1) is 0 Å². The molecular weight excluding hydrogens is 389 g/mol. The molecule has 2 rings (SSSR count). The minimum atomic E-state index is -0.372. The first-order valence-corrected chi connectivity index (χ1v) is 9.41. The molecule has 0 fully saturated rings. The Labute approximate surface area is 169 Å². The number of halogens is 2. The monoisotopic (exact) mass is 411 g/mol. The van der Waals surface area contributed by atoms with E-state index in [1.807, 2.05) is 0 Å². The Morgan fingerprint density at radius 2 is 1.74 bits per heavy atom. The van der Waals surface area contributed by atoms with Crippen LogP contribution in [0.4, 0.5) is 5.69 Å². The first-order chi connectivity index (χ1) is 13.0. The SMILES string of the molecule is CCCCCOc1c(Cl)cc(C(=O)Nc2cc(OC)ccc2OC)cc1Cl. The molecule has 2 aromatic carbocycles. The summed E-state index contributed by atoms with van der Waals surface area (Å²) in [5.74, 6) is 1.13. The van der Waals surface area contributed by atoms with Crippen LogP contribution in [-0.2, 0) is 0 Å². The molecule has 0 aromatic heterocycles. The molecule has 146 valence electrons. The molecule has 0 aliphatic carbocycles. The molecule has 0 aliphatic rings. The number of ether oxygens (including phenoxy) is 3. The molecule has 27 heavy (non-hydrogen) atoms. The van der Waals surface area contributed by atoms with Crippen molar-refractivity contribution in [3.8, 4) is 17.2 Å². The highest BCUT2D eigenvalue weighted by molar-refractivity contribution is 6.37. The van der Waals surface area contributed by atoms with E-state index in [0.29, 0.717) is 45.2 Å². The second-order valence-electron chi connectivity index (χ2n) is 5.84. The molecule has 5 nitrogen and oxygen atoms in total. The number of rotatable bonds is 9. The van der Waals surface area contributed by atoms with Crippen molar-refractivity contribution in [2.24, 2.45) is 0 Å². The largest absolute Gasteiger partial charge is 0.497 e. The second kappa shape index (κ2) is 10.3. The first kappa shape index (κ1) is 21.2. The Balaban J connectivity index is 2.17. The molecule has 0 radical (unpaired) electrons. The van der Waals surface area contributed by atoms with Crippen LogP contribution in [0, 0.1) is 0 Å². The van der Waals surface area contributed by atoms with Crippen molar-refractivity contribution in [3.05, 3.63) is 45.9 Å². The molecule has 2 aromatic rings. The molecule has 0 saturated carbocycles. The maximum absolute atomic E-state index is 12.6. The van der Waals surface area contributed by atoms with Gasteiger partial charge < -0.3 is 19.5 Å². The topological polar surface area (TPSA) is 56.8 Å². The van der Waals surface area contributed by atoms with Crippen molar-refractivity contribution in [3.63, 3.8) is 0 Å². The Hall–Kier alpha value is -2.11. The Bertz CT molecular complexity index is 773. The van der Waals surface area contributed by atoms with Gasteiger partial charge in [0.15, 0.2) is 5.75 Å². The number of amides is 1. The fraction of sp³-hybridized carbons (Fsp3) is 0.350. The van der Waals surface area contributed by atoms with Crippen LogP contribution in [0.3, 0.4) is 0 Å². The number of nitrogens with one attached hydrogen (secondary N) is 1. The molecule has 7 heteroatoms. The Morgan fingerprint density at radius 1 is 1.04 bits per heavy atom. The predicted molar refractivity (Wildman–Crippen MR) is 109 cm³/mol. The van der Waals surface area contributed by atoms with Crippen molar-refractivity contribution in [2.45, 2.75) is 26.2 Å². The summed E-state index contributed by atoms with van der Waals surface area (Å²) in [6.45, 7) is 2.64. The zero-order chi connectivity index (χ0) is 19.8. The molecule has 1 N–H and O–H groups in total. The molecule has 0 aliphatic heterocycles. The molecule has 0 spiro atoms. The smallest absolute Gasteiger partial charge is 0.255 e. The van der Waals surface area contributed by atoms with Crippen LogP contribution in [-0.4, -0.2) is 26.7 Å². The van der Waals surface area contributed by atoms with Gasteiger partial charge in [0.25, 0.3) is 5.91 Å². The summed E-state index contributed by atoms with van der Waals surface area (Å²) in [5, 5.41) is 3.37. The molecular formula is C20H23Cl2NO4. The van der Waals surface area contributed by atoms with Crippen LogP contribution < -0.4 is 19.5 Å². The van der Waals surface area contributed by atoms with Crippen molar-refractivity contribution in [2.75, 3.05) is 26.1 Å². The number of hydrogen-bond acceptors (Lipinski definition) is 4. The van der Waals surface area contributed by atoms with Gasteiger partial charge in [0.05, 0.1) is 36.6 Å². The van der Waals surface area contributed by atoms with E-state index in [4.69, 9.17) is 37.4 Å². The van der Waals surface area contributed by atoms with Gasteiger partial charge in [0, 0.05) is 11.6 Å². The molecule has 0 bridgehead atoms. The molecule has 0 atom stereocenters. The van der Waals surface area contributed by atoms with Crippen molar-refractivity contribution in [1.29, 1.82) is 0 Å². The van der Waals surface area contributed by atoms with Crippen LogP contribution in [0.15, 0.2) is 30.3 Å². The maximum Gasteiger partial charge on any atom is 0.255 e. The van der Waals surface area contributed by atoms with E-state index in [9.17, 15) is 4.79 Å². The summed E-state index contributed by atoms with van der Waals surface area (Å²) in [4.78, 5) is 12.6. The summed E-state index contributed by atoms with van der Waals surface area (Å²) in [6, 6.07) is 8.19. The van der Waals surface area contributed by atoms with Crippen molar-refractivity contribution >= 4 is 34.8 Å². The lowest BCUT2D eigenvalue weighted by Crippen LogP contribution is -2.13. The number of carbonyl (C=O) groups is 1. The minimum absolute atomic E-state index is 0.293. The zero-order valence-electron chi connectivity index (χ0n) is 15.6. The highest BCUT2D eigenvalue weighted by Crippen LogP contribution is 2.35. The van der Waals surface area contributed by atoms with E-state index in [-0.39, 0.29) is 5.91 Å². The van der Waals surface area contributed by atoms with Gasteiger partial charge in [-0.3, -0.25) is 4.79 Å². The third-order valence-electron chi connectivity index (χ3n) is 3.91. The molecule has 0 saturated heterocycles. The second-order valence-corrected chi connectivity index (χ2v) is 6.66. The lowest BCUT2D eigenvalue weighted by Gasteiger charge is -2.14. The predicted octanol–water partition coefficient (Wildman–Crippen LogP) is 5.83. The number of benzene rings is 2. The third kappa shape index (κ3) is 5.68. The maximum atomic E-state index is 12.6. The Kier molecular flexibility index (Phi) is 8.07. The van der Waals surface area contributed by atoms with E-state index < -0.39 is 0 Å². The molecule has 0 unspecified atom stereocenters. The highest BCUT2D eigenvalue weighted by atomic mass is 35.5. The van der Waals surface area contributed by atoms with Crippen LogP contribution in [0.2, 0.25) is 10.0 Å². The fourth-order valence-electron chi connectivity index (χ4n) is 2.46. The third-order valence-corrected chi connectivity index (χ3v) is 4.47. The highest BCUT2D eigenvalue weighted by Gasteiger charge is 2.16. The van der Waals surface area contributed by atoms with E-state index >= 15 is 0 Å². The summed E-state index contributed by atoms with van der Waals surface area (Å²) in [5.41, 5.74) is 0.796. The summed E-state index contributed by atoms with van der Waals surface area (Å²) in [7, 11) is 3.07.